The average Bonchev–Trinajstić information content (AvgIpc) is 3.98. The van der Waals surface area contributed by atoms with E-state index in [1.807, 2.05) is 60.7 Å². The van der Waals surface area contributed by atoms with Gasteiger partial charge in [-0.15, -0.1) is 0 Å². The van der Waals surface area contributed by atoms with Gasteiger partial charge in [0.1, 0.15) is 0 Å². The second-order valence-electron chi connectivity index (χ2n) is 15.9. The Morgan fingerprint density at radius 3 is 1.39 bits per heavy atom. The number of anilines is 2. The van der Waals surface area contributed by atoms with Crippen molar-refractivity contribution >= 4 is 125 Å². The number of carbonyl (C=O) groups excluding carboxylic acids is 4. The quantitative estimate of drug-likeness (QED) is 0.0682. The number of nitrogens with one attached hydrogen (secondary N) is 2. The van der Waals surface area contributed by atoms with Crippen molar-refractivity contribution in [3.63, 3.8) is 0 Å². The van der Waals surface area contributed by atoms with Gasteiger partial charge in [-0.25, -0.2) is 0 Å². The SMILES string of the molecule is CCC[CH2][Sn]1([CH2]CCC)[c]2cc3c4c(ccc5c6ccc7c8c(c[c]1c(c2c45)c86)C(=O)N(c1cccc2[nH]ncc12)C7=O)C(=O)N(c1cccc2[nH]ncc12)C3=O. The maximum absolute atomic E-state index is 15.1. The molecule has 0 fully saturated rings. The topological polar surface area (TPSA) is 132 Å². The summed E-state index contributed by atoms with van der Waals surface area (Å²) < 4.78 is 4.61. The number of hydrogen-bond donors (Lipinski definition) is 2. The molecular formula is C46H34N6O4Sn. The summed E-state index contributed by atoms with van der Waals surface area (Å²) in [7, 11) is 0. The predicted molar refractivity (Wildman–Crippen MR) is 227 cm³/mol. The number of hydrogen-bond acceptors (Lipinski definition) is 6. The van der Waals surface area contributed by atoms with Crippen LogP contribution in [-0.4, -0.2) is 62.4 Å². The fraction of sp³-hybridized carbons (Fsp3) is 0.174. The van der Waals surface area contributed by atoms with Crippen molar-refractivity contribution < 1.29 is 19.2 Å². The molecule has 12 rings (SSSR count). The molecule has 2 N–H and O–H groups in total. The fourth-order valence-corrected chi connectivity index (χ4v) is 27.4. The number of aromatic nitrogens is 4. The normalized spacial score (nSPS) is 15.8. The van der Waals surface area contributed by atoms with Crippen LogP contribution < -0.4 is 17.0 Å². The Hall–Kier alpha value is -6.14. The molecule has 0 radical (unpaired) electrons. The zero-order valence-electron chi connectivity index (χ0n) is 31.2. The number of amides is 4. The maximum atomic E-state index is 15.1. The molecule has 3 aliphatic rings. The third-order valence-electron chi connectivity index (χ3n) is 13.2. The van der Waals surface area contributed by atoms with Crippen LogP contribution >= 0.6 is 0 Å². The van der Waals surface area contributed by atoms with E-state index in [0.29, 0.717) is 55.2 Å². The summed E-state index contributed by atoms with van der Waals surface area (Å²) in [5.41, 5.74) is 4.58. The number of nitrogens with zero attached hydrogens (tertiary/aromatic N) is 4. The molecule has 4 amide bonds. The van der Waals surface area contributed by atoms with Gasteiger partial charge in [0.25, 0.3) is 0 Å². The molecule has 0 saturated carbocycles. The number of unbranched alkanes of at least 4 members (excludes halogenated alkanes) is 2. The third kappa shape index (κ3) is 3.96. The first-order valence-electron chi connectivity index (χ1n) is 19.8. The Bertz CT molecular complexity index is 3120. The van der Waals surface area contributed by atoms with E-state index in [1.54, 1.807) is 12.4 Å². The van der Waals surface area contributed by atoms with E-state index in [0.717, 1.165) is 77.9 Å². The minimum absolute atomic E-state index is 0.335. The molecule has 0 bridgehead atoms. The average molecular weight is 854 g/mol. The standard InChI is InChI=1S/C38H16N6O4.2C4H9.Sn/c45-35-21-11-7-17-19-9-13-23-34-24(38(48)44(37(23)47)30-6-2-4-28-26(30)16-40-42-28)14-10-20(32(19)34)18-8-12-22(33(21)31(17)18)36(46)43(35)29-5-1-3-27-25(29)15-39-41-27;2*1-3-4-2;/h1-7,9,11-16H,(H,39,41)(H,40,42);2*1,3-4H2,2H3;. The Morgan fingerprint density at radius 2 is 0.947 bits per heavy atom. The van der Waals surface area contributed by atoms with Crippen LogP contribution in [0.1, 0.15) is 81.0 Å². The number of aromatic amines is 2. The van der Waals surface area contributed by atoms with Gasteiger partial charge in [-0.3, -0.25) is 0 Å². The first-order chi connectivity index (χ1) is 27.9. The van der Waals surface area contributed by atoms with Gasteiger partial charge in [-0.05, 0) is 0 Å². The van der Waals surface area contributed by atoms with Crippen LogP contribution in [0.25, 0.3) is 64.9 Å². The predicted octanol–water partition coefficient (Wildman–Crippen LogP) is 8.57. The van der Waals surface area contributed by atoms with Crippen LogP contribution in [0.15, 0.2) is 85.2 Å². The minimum atomic E-state index is -3.83. The molecule has 7 aromatic carbocycles. The Kier molecular flexibility index (Phi) is 6.65. The molecular weight excluding hydrogens is 819 g/mol. The van der Waals surface area contributed by atoms with Gasteiger partial charge in [0.15, 0.2) is 0 Å². The number of imide groups is 2. The Balaban J connectivity index is 1.20. The molecule has 3 aliphatic heterocycles. The molecule has 0 saturated heterocycles. The van der Waals surface area contributed by atoms with Crippen molar-refractivity contribution in [2.45, 2.75) is 48.4 Å². The number of rotatable bonds is 8. The number of H-pyrrole nitrogens is 2. The summed E-state index contributed by atoms with van der Waals surface area (Å²) in [6, 6.07) is 23.2. The van der Waals surface area contributed by atoms with Gasteiger partial charge >= 0.3 is 331 Å². The van der Waals surface area contributed by atoms with Gasteiger partial charge in [0, 0.05) is 0 Å². The van der Waals surface area contributed by atoms with E-state index in [4.69, 9.17) is 0 Å². The van der Waals surface area contributed by atoms with Crippen LogP contribution in [0, 0.1) is 0 Å². The summed E-state index contributed by atoms with van der Waals surface area (Å²) in [5, 5.41) is 23.2. The molecule has 0 unspecified atom stereocenters. The number of fused-ring (bicyclic) bond motifs is 3. The molecule has 276 valence electrons. The molecule has 5 heterocycles. The van der Waals surface area contributed by atoms with Gasteiger partial charge in [0.2, 0.25) is 0 Å². The van der Waals surface area contributed by atoms with Gasteiger partial charge in [-0.2, -0.15) is 0 Å². The second-order valence-corrected chi connectivity index (χ2v) is 28.0. The van der Waals surface area contributed by atoms with Gasteiger partial charge < -0.3 is 0 Å². The molecule has 0 atom stereocenters. The first kappa shape index (κ1) is 33.0. The van der Waals surface area contributed by atoms with E-state index in [1.165, 1.54) is 17.0 Å². The van der Waals surface area contributed by atoms with Gasteiger partial charge in [-0.1, -0.05) is 0 Å². The van der Waals surface area contributed by atoms with Crippen LogP contribution in [0.2, 0.25) is 8.87 Å². The van der Waals surface area contributed by atoms with E-state index in [2.05, 4.69) is 46.4 Å². The fourth-order valence-electron chi connectivity index (χ4n) is 10.7. The van der Waals surface area contributed by atoms with Crippen LogP contribution in [0.5, 0.6) is 0 Å². The third-order valence-corrected chi connectivity index (χ3v) is 28.2. The van der Waals surface area contributed by atoms with Crippen LogP contribution in [0.3, 0.4) is 0 Å². The Labute approximate surface area is 329 Å². The molecule has 2 aromatic heterocycles. The van der Waals surface area contributed by atoms with E-state index < -0.39 is 18.4 Å². The summed E-state index contributed by atoms with van der Waals surface area (Å²) in [5.74, 6) is -1.40. The van der Waals surface area contributed by atoms with Crippen molar-refractivity contribution in [3.8, 4) is 0 Å². The first-order valence-corrected chi connectivity index (χ1v) is 26.7. The van der Waals surface area contributed by atoms with E-state index >= 15 is 9.59 Å². The Morgan fingerprint density at radius 1 is 0.509 bits per heavy atom. The van der Waals surface area contributed by atoms with Crippen molar-refractivity contribution in [3.05, 3.63) is 107 Å². The van der Waals surface area contributed by atoms with Crippen LogP contribution in [-0.2, 0) is 0 Å². The summed E-state index contributed by atoms with van der Waals surface area (Å²) >= 11 is -3.83. The van der Waals surface area contributed by atoms with E-state index in [-0.39, 0.29) is 23.6 Å². The number of benzene rings is 7. The van der Waals surface area contributed by atoms with E-state index in [9.17, 15) is 9.59 Å². The molecule has 57 heavy (non-hydrogen) atoms. The molecule has 10 nitrogen and oxygen atoms in total. The summed E-state index contributed by atoms with van der Waals surface area (Å²) in [6.07, 6.45) is 7.43. The zero-order chi connectivity index (χ0) is 38.5. The monoisotopic (exact) mass is 854 g/mol. The number of carbonyl (C=O) groups is 4. The molecule has 11 heteroatoms. The molecule has 9 aromatic rings. The second kappa shape index (κ2) is 11.5. The zero-order valence-corrected chi connectivity index (χ0v) is 34.1. The van der Waals surface area contributed by atoms with Crippen molar-refractivity contribution in [1.29, 1.82) is 0 Å². The van der Waals surface area contributed by atoms with Crippen LogP contribution in [0.4, 0.5) is 11.4 Å². The van der Waals surface area contributed by atoms with Gasteiger partial charge in [0.05, 0.1) is 0 Å². The molecule has 0 spiro atoms. The van der Waals surface area contributed by atoms with Crippen molar-refractivity contribution in [2.75, 3.05) is 9.80 Å². The summed E-state index contributed by atoms with van der Waals surface area (Å²) in [6.45, 7) is 4.45. The summed E-state index contributed by atoms with van der Waals surface area (Å²) in [4.78, 5) is 62.2. The molecule has 0 aliphatic carbocycles. The van der Waals surface area contributed by atoms with Crippen molar-refractivity contribution in [2.24, 2.45) is 0 Å². The van der Waals surface area contributed by atoms with Crippen molar-refractivity contribution in [1.82, 2.24) is 20.4 Å².